The fourth-order valence-corrected chi connectivity index (χ4v) is 5.92. The highest BCUT2D eigenvalue weighted by atomic mass is 15.2. The molecule has 1 aromatic rings. The number of hydrogen-bond donors (Lipinski definition) is 2. The lowest BCUT2D eigenvalue weighted by Gasteiger charge is -2.59. The van der Waals surface area contributed by atoms with Crippen molar-refractivity contribution in [1.29, 1.82) is 0 Å². The van der Waals surface area contributed by atoms with E-state index in [1.165, 1.54) is 49.7 Å². The minimum Gasteiger partial charge on any atom is -0.271 e. The summed E-state index contributed by atoms with van der Waals surface area (Å²) >= 11 is 0. The Hall–Kier alpha value is -0.860. The third-order valence-corrected chi connectivity index (χ3v) is 6.28. The predicted octanol–water partition coefficient (Wildman–Crippen LogP) is 3.72. The monoisotopic (exact) mass is 270 g/mol. The van der Waals surface area contributed by atoms with Gasteiger partial charge in [-0.25, -0.2) is 0 Å². The first-order valence-corrected chi connectivity index (χ1v) is 8.21. The molecule has 1 atom stereocenters. The summed E-state index contributed by atoms with van der Waals surface area (Å²) in [5.74, 6) is 8.94. The van der Waals surface area contributed by atoms with Crippen LogP contribution in [0, 0.1) is 30.1 Å². The van der Waals surface area contributed by atoms with Gasteiger partial charge in [-0.15, -0.1) is 0 Å². The molecule has 0 amide bonds. The molecule has 5 rings (SSSR count). The fourth-order valence-electron chi connectivity index (χ4n) is 5.92. The van der Waals surface area contributed by atoms with E-state index in [1.54, 1.807) is 0 Å². The standard InChI is InChI=1S/C18H26N2/c1-12-2-4-16(5-3-12)17(20-19)18-9-13-6-14(10-18)8-15(7-13)11-18/h2-5,13-15,17,20H,6-11,19H2,1H3. The Balaban J connectivity index is 1.68. The number of nitrogens with two attached hydrogens (primary N) is 1. The van der Waals surface area contributed by atoms with Gasteiger partial charge in [-0.1, -0.05) is 29.8 Å². The number of rotatable bonds is 3. The highest BCUT2D eigenvalue weighted by Gasteiger charge is 2.54. The highest BCUT2D eigenvalue weighted by molar-refractivity contribution is 5.27. The summed E-state index contributed by atoms with van der Waals surface area (Å²) in [6.07, 6.45) is 8.64. The van der Waals surface area contributed by atoms with Crippen molar-refractivity contribution < 1.29 is 0 Å². The zero-order valence-electron chi connectivity index (χ0n) is 12.4. The summed E-state index contributed by atoms with van der Waals surface area (Å²) in [4.78, 5) is 0. The van der Waals surface area contributed by atoms with Crippen LogP contribution in [0.25, 0.3) is 0 Å². The third-order valence-electron chi connectivity index (χ3n) is 6.28. The predicted molar refractivity (Wildman–Crippen MR) is 81.8 cm³/mol. The number of benzene rings is 1. The van der Waals surface area contributed by atoms with Crippen LogP contribution >= 0.6 is 0 Å². The lowest BCUT2D eigenvalue weighted by atomic mass is 9.47. The van der Waals surface area contributed by atoms with Gasteiger partial charge in [0.1, 0.15) is 0 Å². The first-order valence-electron chi connectivity index (χ1n) is 8.21. The fraction of sp³-hybridized carbons (Fsp3) is 0.667. The van der Waals surface area contributed by atoms with Gasteiger partial charge in [0.15, 0.2) is 0 Å². The summed E-state index contributed by atoms with van der Waals surface area (Å²) in [5, 5.41) is 0. The van der Waals surface area contributed by atoms with Gasteiger partial charge in [0.25, 0.3) is 0 Å². The van der Waals surface area contributed by atoms with Gasteiger partial charge in [-0.05, 0) is 74.2 Å². The topological polar surface area (TPSA) is 38.0 Å². The van der Waals surface area contributed by atoms with Crippen molar-refractivity contribution in [3.63, 3.8) is 0 Å². The number of hydrazine groups is 1. The highest BCUT2D eigenvalue weighted by Crippen LogP contribution is 2.63. The van der Waals surface area contributed by atoms with Gasteiger partial charge >= 0.3 is 0 Å². The average molecular weight is 270 g/mol. The van der Waals surface area contributed by atoms with Crippen molar-refractivity contribution in [3.05, 3.63) is 35.4 Å². The van der Waals surface area contributed by atoms with Crippen LogP contribution < -0.4 is 11.3 Å². The van der Waals surface area contributed by atoms with E-state index in [2.05, 4.69) is 36.6 Å². The second-order valence-electron chi connectivity index (χ2n) is 7.79. The zero-order valence-corrected chi connectivity index (χ0v) is 12.4. The zero-order chi connectivity index (χ0) is 13.7. The van der Waals surface area contributed by atoms with Gasteiger partial charge < -0.3 is 0 Å². The van der Waals surface area contributed by atoms with Gasteiger partial charge in [0, 0.05) is 0 Å². The number of nitrogens with one attached hydrogen (secondary N) is 1. The van der Waals surface area contributed by atoms with E-state index in [-0.39, 0.29) is 0 Å². The van der Waals surface area contributed by atoms with E-state index in [1.807, 2.05) is 0 Å². The van der Waals surface area contributed by atoms with Crippen LogP contribution in [0.3, 0.4) is 0 Å². The van der Waals surface area contributed by atoms with Crippen LogP contribution in [-0.2, 0) is 0 Å². The Kier molecular flexibility index (Phi) is 2.94. The largest absolute Gasteiger partial charge is 0.271 e. The van der Waals surface area contributed by atoms with E-state index in [4.69, 9.17) is 5.84 Å². The first-order chi connectivity index (χ1) is 9.68. The minimum atomic E-state index is 0.344. The lowest BCUT2D eigenvalue weighted by Crippen LogP contribution is -2.53. The second-order valence-corrected chi connectivity index (χ2v) is 7.79. The molecule has 0 radical (unpaired) electrons. The average Bonchev–Trinajstić information content (AvgIpc) is 2.40. The number of aryl methyl sites for hydroxylation is 1. The van der Waals surface area contributed by atoms with Crippen LogP contribution in [0.15, 0.2) is 24.3 Å². The molecule has 0 saturated heterocycles. The molecule has 4 aliphatic carbocycles. The molecular formula is C18H26N2. The van der Waals surface area contributed by atoms with Crippen molar-refractivity contribution in [2.75, 3.05) is 0 Å². The molecule has 1 aromatic carbocycles. The summed E-state index contributed by atoms with van der Waals surface area (Å²) in [5.41, 5.74) is 6.34. The molecule has 4 aliphatic rings. The Morgan fingerprint density at radius 3 is 1.95 bits per heavy atom. The molecule has 0 aromatic heterocycles. The summed E-state index contributed by atoms with van der Waals surface area (Å²) < 4.78 is 0. The van der Waals surface area contributed by atoms with E-state index in [0.717, 1.165) is 17.8 Å². The Bertz CT molecular complexity index is 455. The number of hydrogen-bond acceptors (Lipinski definition) is 2. The van der Waals surface area contributed by atoms with Crippen LogP contribution in [-0.4, -0.2) is 0 Å². The van der Waals surface area contributed by atoms with Crippen LogP contribution in [0.4, 0.5) is 0 Å². The normalized spacial score (nSPS) is 40.0. The van der Waals surface area contributed by atoms with Crippen LogP contribution in [0.1, 0.15) is 55.7 Å². The van der Waals surface area contributed by atoms with E-state index in [9.17, 15) is 0 Å². The van der Waals surface area contributed by atoms with Crippen molar-refractivity contribution in [1.82, 2.24) is 5.43 Å². The molecule has 4 saturated carbocycles. The Morgan fingerprint density at radius 1 is 1.00 bits per heavy atom. The van der Waals surface area contributed by atoms with Crippen molar-refractivity contribution in [2.24, 2.45) is 29.0 Å². The van der Waals surface area contributed by atoms with Crippen LogP contribution in [0.5, 0.6) is 0 Å². The van der Waals surface area contributed by atoms with Gasteiger partial charge in [0.2, 0.25) is 0 Å². The van der Waals surface area contributed by atoms with Crippen LogP contribution in [0.2, 0.25) is 0 Å². The van der Waals surface area contributed by atoms with Gasteiger partial charge in [0.05, 0.1) is 6.04 Å². The molecule has 2 nitrogen and oxygen atoms in total. The maximum atomic E-state index is 6.01. The minimum absolute atomic E-state index is 0.344. The quantitative estimate of drug-likeness (QED) is 0.649. The van der Waals surface area contributed by atoms with E-state index in [0.29, 0.717) is 11.5 Å². The molecule has 0 heterocycles. The molecule has 20 heavy (non-hydrogen) atoms. The molecule has 2 heteroatoms. The third kappa shape index (κ3) is 1.93. The van der Waals surface area contributed by atoms with E-state index < -0.39 is 0 Å². The molecule has 108 valence electrons. The van der Waals surface area contributed by atoms with Crippen molar-refractivity contribution in [2.45, 2.75) is 51.5 Å². The summed E-state index contributed by atoms with van der Waals surface area (Å²) in [6.45, 7) is 2.15. The smallest absolute Gasteiger partial charge is 0.0516 e. The molecule has 4 fully saturated rings. The molecule has 0 aliphatic heterocycles. The van der Waals surface area contributed by atoms with E-state index >= 15 is 0 Å². The molecule has 4 bridgehead atoms. The molecule has 3 N–H and O–H groups in total. The molecule has 1 unspecified atom stereocenters. The SMILES string of the molecule is Cc1ccc(C(NN)C23CC4CC(CC(C4)C2)C3)cc1. The van der Waals surface area contributed by atoms with Gasteiger partial charge in [-0.3, -0.25) is 11.3 Å². The van der Waals surface area contributed by atoms with Crippen molar-refractivity contribution in [3.8, 4) is 0 Å². The van der Waals surface area contributed by atoms with Gasteiger partial charge in [-0.2, -0.15) is 0 Å². The first kappa shape index (κ1) is 12.8. The summed E-state index contributed by atoms with van der Waals surface area (Å²) in [6, 6.07) is 9.34. The van der Waals surface area contributed by atoms with Crippen molar-refractivity contribution >= 4 is 0 Å². The molecular weight excluding hydrogens is 244 g/mol. The lowest BCUT2D eigenvalue weighted by molar-refractivity contribution is -0.0749. The summed E-state index contributed by atoms with van der Waals surface area (Å²) in [7, 11) is 0. The maximum absolute atomic E-state index is 6.01. The molecule has 0 spiro atoms. The second kappa shape index (κ2) is 4.57. The maximum Gasteiger partial charge on any atom is 0.0516 e. The Morgan fingerprint density at radius 2 is 1.50 bits per heavy atom. The Labute approximate surface area is 122 Å².